The van der Waals surface area contributed by atoms with Gasteiger partial charge in [-0.3, -0.25) is 9.36 Å². The van der Waals surface area contributed by atoms with E-state index in [9.17, 15) is 9.36 Å². The Kier molecular flexibility index (Phi) is 17.7. The molecule has 0 atom stereocenters. The van der Waals surface area contributed by atoms with Gasteiger partial charge in [-0.15, -0.1) is 0 Å². The van der Waals surface area contributed by atoms with Gasteiger partial charge in [0.25, 0.3) is 0 Å². The molecule has 25 heavy (non-hydrogen) atoms. The molecule has 0 aliphatic heterocycles. The van der Waals surface area contributed by atoms with Crippen molar-refractivity contribution in [2.24, 2.45) is 0 Å². The summed E-state index contributed by atoms with van der Waals surface area (Å²) >= 11 is 3.29. The molecule has 5 nitrogen and oxygen atoms in total. The molecule has 0 aliphatic rings. The zero-order chi connectivity index (χ0) is 18.5. The fraction of sp³-hybridized carbons (Fsp3) is 0.941. The number of alkyl halides is 1. The normalized spacial score (nSPS) is 11.9. The quantitative estimate of drug-likeness (QED) is 0.0997. The van der Waals surface area contributed by atoms with Crippen molar-refractivity contribution in [3.63, 3.8) is 0 Å². The summed E-state index contributed by atoms with van der Waals surface area (Å²) in [6.45, 7) is 4.09. The molecule has 0 saturated carbocycles. The van der Waals surface area contributed by atoms with Gasteiger partial charge in [0, 0.05) is 35.9 Å². The van der Waals surface area contributed by atoms with E-state index in [2.05, 4.69) is 15.9 Å². The van der Waals surface area contributed by atoms with Gasteiger partial charge in [-0.05, 0) is 26.7 Å². The van der Waals surface area contributed by atoms with Crippen molar-refractivity contribution in [1.82, 2.24) is 0 Å². The van der Waals surface area contributed by atoms with E-state index in [-0.39, 0.29) is 27.7 Å². The molecule has 0 unspecified atom stereocenters. The van der Waals surface area contributed by atoms with Crippen LogP contribution in [0.1, 0.15) is 71.6 Å². The van der Waals surface area contributed by atoms with Gasteiger partial charge in [-0.25, -0.2) is 0 Å². The molecule has 0 bridgehead atoms. The van der Waals surface area contributed by atoms with Gasteiger partial charge in [0.1, 0.15) is 4.32 Å². The van der Waals surface area contributed by atoms with Crippen LogP contribution in [-0.2, 0) is 44.9 Å². The summed E-state index contributed by atoms with van der Waals surface area (Å²) in [4.78, 5) is 11.5. The van der Waals surface area contributed by atoms with Crippen LogP contribution < -0.4 is 0 Å². The molecule has 0 aromatic carbocycles. The van der Waals surface area contributed by atoms with Crippen LogP contribution in [0.2, 0.25) is 0 Å². The maximum absolute atomic E-state index is 11.8. The second-order valence-corrected chi connectivity index (χ2v) is 10.9. The fourth-order valence-electron chi connectivity index (χ4n) is 2.24. The standard InChI is InChI=1S/C17H34BrO5P.Ti/c1-17(2,18)16(19)23-14-12-10-8-6-5-7-9-11-13-15-24(20,21-3)22-4;/h5-15H2,1-4H3;. The summed E-state index contributed by atoms with van der Waals surface area (Å²) in [6, 6.07) is 0. The van der Waals surface area contributed by atoms with Crippen LogP contribution in [0.5, 0.6) is 0 Å². The van der Waals surface area contributed by atoms with E-state index < -0.39 is 11.9 Å². The summed E-state index contributed by atoms with van der Waals surface area (Å²) in [5, 5.41) is 0. The van der Waals surface area contributed by atoms with Crippen molar-refractivity contribution in [1.29, 1.82) is 0 Å². The van der Waals surface area contributed by atoms with Gasteiger partial charge in [-0.1, -0.05) is 60.9 Å². The molecular formula is C17H34BrO5PTi. The van der Waals surface area contributed by atoms with Gasteiger partial charge in [-0.2, -0.15) is 0 Å². The molecule has 0 rings (SSSR count). The number of halogens is 1. The number of ether oxygens (including phenoxy) is 1. The summed E-state index contributed by atoms with van der Waals surface area (Å²) in [5.41, 5.74) is 0. The second kappa shape index (κ2) is 15.8. The molecule has 0 heterocycles. The molecule has 0 aromatic rings. The summed E-state index contributed by atoms with van der Waals surface area (Å²) < 4.78 is 26.3. The van der Waals surface area contributed by atoms with E-state index in [0.717, 1.165) is 32.1 Å². The van der Waals surface area contributed by atoms with Crippen LogP contribution in [0.25, 0.3) is 0 Å². The van der Waals surface area contributed by atoms with Crippen LogP contribution in [0, 0.1) is 0 Å². The minimum absolute atomic E-state index is 0. The zero-order valence-electron chi connectivity index (χ0n) is 16.1. The number of carbonyl (C=O) groups excluding carboxylic acids is 1. The van der Waals surface area contributed by atoms with Crippen molar-refractivity contribution in [3.05, 3.63) is 0 Å². The molecule has 0 spiro atoms. The SMILES string of the molecule is COP(=O)(CCCCCCCCCCCOC(=O)C(C)(C)Br)OC.[Ti]. The Labute approximate surface area is 176 Å². The average Bonchev–Trinajstić information content (AvgIpc) is 2.54. The molecule has 0 fully saturated rings. The monoisotopic (exact) mass is 476 g/mol. The Morgan fingerprint density at radius 2 is 1.28 bits per heavy atom. The number of esters is 1. The van der Waals surface area contributed by atoms with Crippen LogP contribution in [0.15, 0.2) is 0 Å². The summed E-state index contributed by atoms with van der Waals surface area (Å²) in [5.74, 6) is -0.200. The van der Waals surface area contributed by atoms with Gasteiger partial charge >= 0.3 is 13.6 Å². The van der Waals surface area contributed by atoms with Crippen LogP contribution in [0.4, 0.5) is 0 Å². The van der Waals surface area contributed by atoms with Gasteiger partial charge in [0.2, 0.25) is 0 Å². The van der Waals surface area contributed by atoms with Gasteiger partial charge < -0.3 is 13.8 Å². The van der Waals surface area contributed by atoms with E-state index in [0.29, 0.717) is 12.8 Å². The number of hydrogen-bond acceptors (Lipinski definition) is 5. The fourth-order valence-corrected chi connectivity index (χ4v) is 3.48. The average molecular weight is 477 g/mol. The Morgan fingerprint density at radius 1 is 0.880 bits per heavy atom. The summed E-state index contributed by atoms with van der Waals surface area (Å²) in [6.07, 6.45) is 10.5. The van der Waals surface area contributed by atoms with E-state index in [1.165, 1.54) is 39.9 Å². The van der Waals surface area contributed by atoms with Crippen LogP contribution >= 0.6 is 23.5 Å². The van der Waals surface area contributed by atoms with E-state index >= 15 is 0 Å². The molecule has 0 amide bonds. The predicted octanol–water partition coefficient (Wildman–Crippen LogP) is 5.70. The molecule has 0 aliphatic carbocycles. The number of rotatable bonds is 15. The van der Waals surface area contributed by atoms with Crippen molar-refractivity contribution in [2.45, 2.75) is 76.0 Å². The third-order valence-electron chi connectivity index (χ3n) is 3.85. The molecule has 8 heteroatoms. The first-order chi connectivity index (χ1) is 11.2. The zero-order valence-corrected chi connectivity index (χ0v) is 20.2. The molecular weight excluding hydrogens is 443 g/mol. The second-order valence-electron chi connectivity index (χ2n) is 6.49. The maximum atomic E-state index is 11.8. The topological polar surface area (TPSA) is 61.8 Å². The minimum atomic E-state index is -2.81. The first-order valence-corrected chi connectivity index (χ1v) is 11.3. The van der Waals surface area contributed by atoms with Crippen molar-refractivity contribution in [2.75, 3.05) is 27.0 Å². The number of hydrogen-bond donors (Lipinski definition) is 0. The Morgan fingerprint density at radius 3 is 1.68 bits per heavy atom. The molecule has 0 N–H and O–H groups in total. The first kappa shape index (κ1) is 28.0. The van der Waals surface area contributed by atoms with E-state index in [1.807, 2.05) is 0 Å². The van der Waals surface area contributed by atoms with E-state index in [1.54, 1.807) is 13.8 Å². The Bertz CT molecular complexity index is 380. The smallest absolute Gasteiger partial charge is 0.330 e. The Hall–Kier alpha value is 0.814. The van der Waals surface area contributed by atoms with Crippen molar-refractivity contribution in [3.8, 4) is 0 Å². The van der Waals surface area contributed by atoms with Crippen molar-refractivity contribution >= 4 is 29.5 Å². The Balaban J connectivity index is 0. The predicted molar refractivity (Wildman–Crippen MR) is 102 cm³/mol. The third kappa shape index (κ3) is 15.6. The van der Waals surface area contributed by atoms with Crippen LogP contribution in [-0.4, -0.2) is 37.3 Å². The minimum Gasteiger partial charge on any atom is -0.465 e. The van der Waals surface area contributed by atoms with Gasteiger partial charge in [0.15, 0.2) is 0 Å². The number of unbranched alkanes of at least 4 members (excludes halogenated alkanes) is 8. The molecule has 0 saturated heterocycles. The molecule has 0 aromatic heterocycles. The van der Waals surface area contributed by atoms with Crippen LogP contribution in [0.3, 0.4) is 0 Å². The maximum Gasteiger partial charge on any atom is 0.330 e. The molecule has 0 radical (unpaired) electrons. The molecule has 148 valence electrons. The van der Waals surface area contributed by atoms with E-state index in [4.69, 9.17) is 13.8 Å². The first-order valence-electron chi connectivity index (χ1n) is 8.82. The summed E-state index contributed by atoms with van der Waals surface area (Å²) in [7, 11) is 0.0582. The van der Waals surface area contributed by atoms with Crippen molar-refractivity contribution < 1.29 is 44.9 Å². The van der Waals surface area contributed by atoms with Gasteiger partial charge in [0.05, 0.1) is 12.8 Å². The third-order valence-corrected chi connectivity index (χ3v) is 6.15. The number of carbonyl (C=O) groups is 1. The largest absolute Gasteiger partial charge is 0.465 e.